The zero-order valence-electron chi connectivity index (χ0n) is 12.6. The quantitative estimate of drug-likeness (QED) is 0.529. The Morgan fingerprint density at radius 2 is 1.91 bits per heavy atom. The van der Waals surface area contributed by atoms with Crippen molar-refractivity contribution in [1.29, 1.82) is 0 Å². The Kier molecular flexibility index (Phi) is 3.25. The van der Waals surface area contributed by atoms with E-state index >= 15 is 0 Å². The normalized spacial score (nSPS) is 12.6. The number of aromatic nitrogens is 2. The standard InChI is InChI=1S/C18H13ClN2OS/c1-10-7-14-15(8-11(10)2)21-17(22)16(23-18(21)20-14)9-12-5-3-4-6-13(12)19/h3-9H,1-2H3/b16-9+. The first-order valence-corrected chi connectivity index (χ1v) is 8.42. The molecule has 0 saturated heterocycles. The summed E-state index contributed by atoms with van der Waals surface area (Å²) in [5.41, 5.74) is 4.85. The van der Waals surface area contributed by atoms with E-state index in [0.717, 1.165) is 22.2 Å². The molecule has 0 atom stereocenters. The van der Waals surface area contributed by atoms with Crippen molar-refractivity contribution in [2.45, 2.75) is 13.8 Å². The van der Waals surface area contributed by atoms with Crippen molar-refractivity contribution in [3.05, 3.63) is 73.0 Å². The summed E-state index contributed by atoms with van der Waals surface area (Å²) >= 11 is 7.57. The molecule has 3 nitrogen and oxygen atoms in total. The van der Waals surface area contributed by atoms with Gasteiger partial charge in [-0.2, -0.15) is 0 Å². The maximum absolute atomic E-state index is 12.8. The first kappa shape index (κ1) is 14.4. The van der Waals surface area contributed by atoms with Crippen molar-refractivity contribution >= 4 is 45.0 Å². The predicted octanol–water partition coefficient (Wildman–Crippen LogP) is 3.73. The molecule has 0 aliphatic rings. The third-order valence-corrected chi connectivity index (χ3v) is 5.36. The fourth-order valence-electron chi connectivity index (χ4n) is 2.65. The summed E-state index contributed by atoms with van der Waals surface area (Å²) in [6.45, 7) is 4.10. The van der Waals surface area contributed by atoms with E-state index < -0.39 is 0 Å². The number of fused-ring (bicyclic) bond motifs is 3. The molecule has 0 aliphatic heterocycles. The Hall–Kier alpha value is -2.17. The second-order valence-electron chi connectivity index (χ2n) is 5.59. The summed E-state index contributed by atoms with van der Waals surface area (Å²) in [5, 5.41) is 0.634. The van der Waals surface area contributed by atoms with Crippen molar-refractivity contribution in [3.8, 4) is 0 Å². The van der Waals surface area contributed by atoms with Crippen LogP contribution in [0.15, 0.2) is 41.2 Å². The maximum atomic E-state index is 12.8. The molecule has 0 bridgehead atoms. The van der Waals surface area contributed by atoms with Gasteiger partial charge in [-0.25, -0.2) is 9.38 Å². The smallest absolute Gasteiger partial charge is 0.267 e. The van der Waals surface area contributed by atoms with Crippen LogP contribution in [0.25, 0.3) is 22.1 Å². The molecule has 23 heavy (non-hydrogen) atoms. The number of rotatable bonds is 1. The van der Waals surface area contributed by atoms with E-state index in [1.807, 2.05) is 49.4 Å². The minimum Gasteiger partial charge on any atom is -0.267 e. The Morgan fingerprint density at radius 3 is 2.70 bits per heavy atom. The number of aryl methyl sites for hydroxylation is 2. The highest BCUT2D eigenvalue weighted by Gasteiger charge is 2.12. The number of hydrogen-bond donors (Lipinski definition) is 0. The van der Waals surface area contributed by atoms with Crippen LogP contribution in [0.2, 0.25) is 5.02 Å². The molecule has 0 amide bonds. The van der Waals surface area contributed by atoms with Crippen LogP contribution in [0, 0.1) is 13.8 Å². The van der Waals surface area contributed by atoms with E-state index in [0.29, 0.717) is 14.5 Å². The second-order valence-corrected chi connectivity index (χ2v) is 7.01. The number of hydrogen-bond acceptors (Lipinski definition) is 3. The average Bonchev–Trinajstić information content (AvgIpc) is 3.00. The first-order valence-electron chi connectivity index (χ1n) is 7.23. The molecule has 0 aliphatic carbocycles. The molecule has 2 aromatic heterocycles. The Bertz CT molecular complexity index is 1170. The molecule has 0 N–H and O–H groups in total. The molecule has 0 radical (unpaired) electrons. The highest BCUT2D eigenvalue weighted by Crippen LogP contribution is 2.21. The van der Waals surface area contributed by atoms with Gasteiger partial charge in [0.2, 0.25) is 0 Å². The number of nitrogens with zero attached hydrogens (tertiary/aromatic N) is 2. The molecule has 0 saturated carbocycles. The van der Waals surface area contributed by atoms with Gasteiger partial charge in [0.1, 0.15) is 0 Å². The predicted molar refractivity (Wildman–Crippen MR) is 96.6 cm³/mol. The lowest BCUT2D eigenvalue weighted by molar-refractivity contribution is 1.18. The van der Waals surface area contributed by atoms with Crippen LogP contribution in [0.1, 0.15) is 16.7 Å². The van der Waals surface area contributed by atoms with E-state index in [4.69, 9.17) is 11.6 Å². The van der Waals surface area contributed by atoms with Crippen molar-refractivity contribution in [3.63, 3.8) is 0 Å². The molecule has 0 fully saturated rings. The van der Waals surface area contributed by atoms with Gasteiger partial charge in [0.15, 0.2) is 4.96 Å². The van der Waals surface area contributed by atoms with Gasteiger partial charge >= 0.3 is 0 Å². The molecule has 2 heterocycles. The number of thiazole rings is 1. The van der Waals surface area contributed by atoms with Crippen LogP contribution in [-0.2, 0) is 0 Å². The van der Waals surface area contributed by atoms with Crippen molar-refractivity contribution in [2.75, 3.05) is 0 Å². The summed E-state index contributed by atoms with van der Waals surface area (Å²) in [4.78, 5) is 18.1. The van der Waals surface area contributed by atoms with Gasteiger partial charge < -0.3 is 0 Å². The summed E-state index contributed by atoms with van der Waals surface area (Å²) in [6.07, 6.45) is 1.83. The van der Waals surface area contributed by atoms with Gasteiger partial charge in [-0.15, -0.1) is 0 Å². The zero-order valence-corrected chi connectivity index (χ0v) is 14.2. The van der Waals surface area contributed by atoms with Crippen LogP contribution in [0.4, 0.5) is 0 Å². The Balaban J connectivity index is 2.05. The fourth-order valence-corrected chi connectivity index (χ4v) is 3.82. The van der Waals surface area contributed by atoms with E-state index in [-0.39, 0.29) is 5.56 Å². The summed E-state index contributed by atoms with van der Waals surface area (Å²) < 4.78 is 2.33. The highest BCUT2D eigenvalue weighted by molar-refractivity contribution is 7.15. The van der Waals surface area contributed by atoms with Crippen LogP contribution in [-0.4, -0.2) is 9.38 Å². The Morgan fingerprint density at radius 1 is 1.17 bits per heavy atom. The molecular formula is C18H13ClN2OS. The first-order chi connectivity index (χ1) is 11.0. The average molecular weight is 341 g/mol. The molecule has 0 unspecified atom stereocenters. The molecule has 5 heteroatoms. The van der Waals surface area contributed by atoms with Crippen molar-refractivity contribution in [1.82, 2.24) is 9.38 Å². The SMILES string of the molecule is Cc1cc2nc3s/c(=C/c4ccccc4Cl)c(=O)n3c2cc1C. The minimum atomic E-state index is -0.0457. The number of benzene rings is 2. The van der Waals surface area contributed by atoms with Crippen LogP contribution in [0.3, 0.4) is 0 Å². The lowest BCUT2D eigenvalue weighted by Crippen LogP contribution is -2.22. The van der Waals surface area contributed by atoms with Gasteiger partial charge in [-0.3, -0.25) is 4.79 Å². The molecule has 2 aromatic carbocycles. The third-order valence-electron chi connectivity index (χ3n) is 4.05. The van der Waals surface area contributed by atoms with E-state index in [2.05, 4.69) is 11.9 Å². The van der Waals surface area contributed by atoms with Crippen molar-refractivity contribution in [2.24, 2.45) is 0 Å². The van der Waals surface area contributed by atoms with Crippen LogP contribution < -0.4 is 10.1 Å². The van der Waals surface area contributed by atoms with Crippen molar-refractivity contribution < 1.29 is 0 Å². The maximum Gasteiger partial charge on any atom is 0.274 e. The minimum absolute atomic E-state index is 0.0457. The monoisotopic (exact) mass is 340 g/mol. The molecule has 114 valence electrons. The lowest BCUT2D eigenvalue weighted by atomic mass is 10.1. The molecular weight excluding hydrogens is 328 g/mol. The van der Waals surface area contributed by atoms with E-state index in [1.54, 1.807) is 4.40 Å². The number of halogens is 1. The Labute approximate surface area is 141 Å². The van der Waals surface area contributed by atoms with Gasteiger partial charge in [0.05, 0.1) is 15.6 Å². The molecule has 4 aromatic rings. The van der Waals surface area contributed by atoms with E-state index in [9.17, 15) is 4.79 Å². The summed E-state index contributed by atoms with van der Waals surface area (Å²) in [7, 11) is 0. The zero-order chi connectivity index (χ0) is 16.1. The van der Waals surface area contributed by atoms with Gasteiger partial charge in [0, 0.05) is 5.02 Å². The fraction of sp³-hybridized carbons (Fsp3) is 0.111. The lowest BCUT2D eigenvalue weighted by Gasteiger charge is -1.98. The van der Waals surface area contributed by atoms with Crippen LogP contribution >= 0.6 is 22.9 Å². The summed E-state index contributed by atoms with van der Waals surface area (Å²) in [5.74, 6) is 0. The van der Waals surface area contributed by atoms with Gasteiger partial charge in [0.25, 0.3) is 5.56 Å². The van der Waals surface area contributed by atoms with E-state index in [1.165, 1.54) is 16.9 Å². The largest absolute Gasteiger partial charge is 0.274 e. The summed E-state index contributed by atoms with van der Waals surface area (Å²) in [6, 6.07) is 11.5. The third kappa shape index (κ3) is 2.26. The molecule has 4 rings (SSSR count). The van der Waals surface area contributed by atoms with Gasteiger partial charge in [-0.05, 0) is 54.8 Å². The topological polar surface area (TPSA) is 34.4 Å². The second kappa shape index (κ2) is 5.18. The van der Waals surface area contributed by atoms with Gasteiger partial charge in [-0.1, -0.05) is 41.1 Å². The highest BCUT2D eigenvalue weighted by atomic mass is 35.5. The van der Waals surface area contributed by atoms with Crippen LogP contribution in [0.5, 0.6) is 0 Å². The number of imidazole rings is 1. The molecule has 0 spiro atoms.